The van der Waals surface area contributed by atoms with E-state index in [1.807, 2.05) is 10.7 Å². The summed E-state index contributed by atoms with van der Waals surface area (Å²) >= 11 is 0. The van der Waals surface area contributed by atoms with E-state index in [-0.39, 0.29) is 18.5 Å². The van der Waals surface area contributed by atoms with Crippen molar-refractivity contribution in [3.63, 3.8) is 0 Å². The van der Waals surface area contributed by atoms with Crippen LogP contribution in [-0.2, 0) is 17.8 Å². The Kier molecular flexibility index (Phi) is 3.69. The Hall–Kier alpha value is -2.28. The zero-order valence-electron chi connectivity index (χ0n) is 11.0. The SMILES string of the molecule is O=C(CN[C@H]1CCc2ncnn2C1)Nc1cccnc1. The third kappa shape index (κ3) is 3.00. The van der Waals surface area contributed by atoms with Crippen LogP contribution in [0.4, 0.5) is 5.69 Å². The summed E-state index contributed by atoms with van der Waals surface area (Å²) < 4.78 is 1.89. The monoisotopic (exact) mass is 272 g/mol. The van der Waals surface area contributed by atoms with Crippen molar-refractivity contribution >= 4 is 11.6 Å². The van der Waals surface area contributed by atoms with Crippen LogP contribution in [0.25, 0.3) is 0 Å². The number of pyridine rings is 1. The van der Waals surface area contributed by atoms with E-state index < -0.39 is 0 Å². The first kappa shape index (κ1) is 12.7. The molecule has 0 radical (unpaired) electrons. The molecule has 1 aliphatic heterocycles. The molecular formula is C13H16N6O. The molecule has 0 fully saturated rings. The smallest absolute Gasteiger partial charge is 0.238 e. The van der Waals surface area contributed by atoms with Crippen molar-refractivity contribution in [1.82, 2.24) is 25.1 Å². The molecule has 0 spiro atoms. The van der Waals surface area contributed by atoms with Crippen LogP contribution in [0.3, 0.4) is 0 Å². The fraction of sp³-hybridized carbons (Fsp3) is 0.385. The van der Waals surface area contributed by atoms with Crippen molar-refractivity contribution < 1.29 is 4.79 Å². The second-order valence-electron chi connectivity index (χ2n) is 4.76. The van der Waals surface area contributed by atoms with Gasteiger partial charge in [0, 0.05) is 18.7 Å². The molecule has 0 saturated heterocycles. The molecule has 0 unspecified atom stereocenters. The van der Waals surface area contributed by atoms with Crippen LogP contribution in [0.1, 0.15) is 12.2 Å². The number of nitrogens with zero attached hydrogens (tertiary/aromatic N) is 4. The number of carbonyl (C=O) groups excluding carboxylic acids is 1. The minimum atomic E-state index is -0.0672. The highest BCUT2D eigenvalue weighted by molar-refractivity contribution is 5.92. The van der Waals surface area contributed by atoms with Crippen LogP contribution >= 0.6 is 0 Å². The van der Waals surface area contributed by atoms with Gasteiger partial charge in [-0.3, -0.25) is 9.78 Å². The number of rotatable bonds is 4. The molecule has 2 aromatic heterocycles. The van der Waals surface area contributed by atoms with E-state index in [1.165, 1.54) is 0 Å². The largest absolute Gasteiger partial charge is 0.324 e. The zero-order chi connectivity index (χ0) is 13.8. The average molecular weight is 272 g/mol. The van der Waals surface area contributed by atoms with E-state index in [2.05, 4.69) is 25.7 Å². The minimum Gasteiger partial charge on any atom is -0.324 e. The van der Waals surface area contributed by atoms with Gasteiger partial charge >= 0.3 is 0 Å². The summed E-state index contributed by atoms with van der Waals surface area (Å²) in [6.07, 6.45) is 6.74. The van der Waals surface area contributed by atoms with Crippen molar-refractivity contribution in [2.24, 2.45) is 0 Å². The van der Waals surface area contributed by atoms with Crippen molar-refractivity contribution in [1.29, 1.82) is 0 Å². The van der Waals surface area contributed by atoms with Crippen molar-refractivity contribution in [2.45, 2.75) is 25.4 Å². The molecule has 2 aromatic rings. The number of aromatic nitrogens is 4. The highest BCUT2D eigenvalue weighted by Gasteiger charge is 2.19. The number of amides is 1. The topological polar surface area (TPSA) is 84.7 Å². The van der Waals surface area contributed by atoms with E-state index in [0.29, 0.717) is 5.69 Å². The molecule has 1 atom stereocenters. The molecule has 1 aliphatic rings. The molecule has 20 heavy (non-hydrogen) atoms. The molecule has 7 nitrogen and oxygen atoms in total. The normalized spacial score (nSPS) is 17.5. The third-order valence-electron chi connectivity index (χ3n) is 3.30. The second kappa shape index (κ2) is 5.79. The van der Waals surface area contributed by atoms with Crippen LogP contribution in [0.5, 0.6) is 0 Å². The lowest BCUT2D eigenvalue weighted by atomic mass is 10.1. The number of fused-ring (bicyclic) bond motifs is 1. The van der Waals surface area contributed by atoms with Gasteiger partial charge in [0.15, 0.2) is 0 Å². The summed E-state index contributed by atoms with van der Waals surface area (Å²) in [5.74, 6) is 0.949. The summed E-state index contributed by atoms with van der Waals surface area (Å²) in [5.41, 5.74) is 0.710. The number of nitrogens with one attached hydrogen (secondary N) is 2. The van der Waals surface area contributed by atoms with Gasteiger partial charge < -0.3 is 10.6 Å². The molecule has 0 aliphatic carbocycles. The Labute approximate surface area is 116 Å². The summed E-state index contributed by atoms with van der Waals surface area (Å²) in [7, 11) is 0. The Morgan fingerprint density at radius 1 is 1.50 bits per heavy atom. The Morgan fingerprint density at radius 3 is 3.30 bits per heavy atom. The van der Waals surface area contributed by atoms with Gasteiger partial charge in [-0.15, -0.1) is 0 Å². The average Bonchev–Trinajstić information content (AvgIpc) is 2.93. The molecule has 0 aromatic carbocycles. The maximum absolute atomic E-state index is 11.8. The maximum atomic E-state index is 11.8. The van der Waals surface area contributed by atoms with Crippen LogP contribution in [0.2, 0.25) is 0 Å². The summed E-state index contributed by atoms with van der Waals surface area (Å²) in [5, 5.41) is 10.2. The molecule has 0 bridgehead atoms. The van der Waals surface area contributed by atoms with Crippen molar-refractivity contribution in [3.8, 4) is 0 Å². The van der Waals surface area contributed by atoms with Gasteiger partial charge in [0.25, 0.3) is 0 Å². The number of aryl methyl sites for hydroxylation is 1. The molecule has 3 heterocycles. The molecule has 3 rings (SSSR count). The first-order valence-corrected chi connectivity index (χ1v) is 6.61. The molecular weight excluding hydrogens is 256 g/mol. The van der Waals surface area contributed by atoms with Crippen LogP contribution in [0, 0.1) is 0 Å². The zero-order valence-corrected chi connectivity index (χ0v) is 11.0. The van der Waals surface area contributed by atoms with Crippen molar-refractivity contribution in [3.05, 3.63) is 36.7 Å². The maximum Gasteiger partial charge on any atom is 0.238 e. The van der Waals surface area contributed by atoms with Crippen LogP contribution in [0.15, 0.2) is 30.9 Å². The van der Waals surface area contributed by atoms with Gasteiger partial charge in [0.1, 0.15) is 12.2 Å². The van der Waals surface area contributed by atoms with E-state index in [9.17, 15) is 4.79 Å². The predicted octanol–water partition coefficient (Wildman–Crippen LogP) is 0.216. The van der Waals surface area contributed by atoms with Gasteiger partial charge in [-0.2, -0.15) is 5.10 Å². The number of hydrogen-bond donors (Lipinski definition) is 2. The molecule has 2 N–H and O–H groups in total. The second-order valence-corrected chi connectivity index (χ2v) is 4.76. The highest BCUT2D eigenvalue weighted by atomic mass is 16.1. The van der Waals surface area contributed by atoms with E-state index >= 15 is 0 Å². The Balaban J connectivity index is 1.47. The molecule has 7 heteroatoms. The summed E-state index contributed by atoms with van der Waals surface area (Å²) in [6.45, 7) is 1.04. The van der Waals surface area contributed by atoms with Gasteiger partial charge in [-0.1, -0.05) is 0 Å². The van der Waals surface area contributed by atoms with Crippen molar-refractivity contribution in [2.75, 3.05) is 11.9 Å². The number of carbonyl (C=O) groups is 1. The Bertz CT molecular complexity index is 582. The predicted molar refractivity (Wildman–Crippen MR) is 73.0 cm³/mol. The van der Waals surface area contributed by atoms with E-state index in [1.54, 1.807) is 24.8 Å². The summed E-state index contributed by atoms with van der Waals surface area (Å²) in [6, 6.07) is 3.85. The van der Waals surface area contributed by atoms with Gasteiger partial charge in [-0.25, -0.2) is 9.67 Å². The van der Waals surface area contributed by atoms with E-state index in [0.717, 1.165) is 25.2 Å². The quantitative estimate of drug-likeness (QED) is 0.831. The molecule has 1 amide bonds. The fourth-order valence-electron chi connectivity index (χ4n) is 2.28. The van der Waals surface area contributed by atoms with Gasteiger partial charge in [-0.05, 0) is 18.6 Å². The van der Waals surface area contributed by atoms with Gasteiger partial charge in [0.05, 0.1) is 25.0 Å². The summed E-state index contributed by atoms with van der Waals surface area (Å²) in [4.78, 5) is 19.9. The lowest BCUT2D eigenvalue weighted by Gasteiger charge is -2.23. The van der Waals surface area contributed by atoms with E-state index in [4.69, 9.17) is 0 Å². The third-order valence-corrected chi connectivity index (χ3v) is 3.30. The highest BCUT2D eigenvalue weighted by Crippen LogP contribution is 2.11. The molecule has 0 saturated carbocycles. The standard InChI is InChI=1S/C13H16N6O/c20-13(18-10-2-1-5-14-6-10)7-15-11-3-4-12-16-9-17-19(12)8-11/h1-2,5-6,9,11,15H,3-4,7-8H2,(H,18,20)/t11-/m0/s1. The number of hydrogen-bond acceptors (Lipinski definition) is 5. The van der Waals surface area contributed by atoms with Crippen LogP contribution < -0.4 is 10.6 Å². The van der Waals surface area contributed by atoms with Gasteiger partial charge in [0.2, 0.25) is 5.91 Å². The first-order valence-electron chi connectivity index (χ1n) is 6.61. The number of anilines is 1. The fourth-order valence-corrected chi connectivity index (χ4v) is 2.28. The lowest BCUT2D eigenvalue weighted by molar-refractivity contribution is -0.115. The lowest BCUT2D eigenvalue weighted by Crippen LogP contribution is -2.41. The minimum absolute atomic E-state index is 0.0672. The Morgan fingerprint density at radius 2 is 2.45 bits per heavy atom. The molecule has 104 valence electrons. The first-order chi connectivity index (χ1) is 9.81. The van der Waals surface area contributed by atoms with Crippen LogP contribution in [-0.4, -0.2) is 38.2 Å².